The molecule has 1 amide bonds. The second-order valence-electron chi connectivity index (χ2n) is 6.19. The van der Waals surface area contributed by atoms with Gasteiger partial charge in [0, 0.05) is 17.5 Å². The van der Waals surface area contributed by atoms with E-state index in [9.17, 15) is 13.2 Å². The molecule has 0 aliphatic heterocycles. The van der Waals surface area contributed by atoms with Crippen LogP contribution in [0.4, 0.5) is 5.69 Å². The van der Waals surface area contributed by atoms with Crippen molar-refractivity contribution in [3.63, 3.8) is 0 Å². The van der Waals surface area contributed by atoms with Gasteiger partial charge in [0.1, 0.15) is 0 Å². The van der Waals surface area contributed by atoms with Crippen LogP contribution in [0.15, 0.2) is 77.7 Å². The van der Waals surface area contributed by atoms with Gasteiger partial charge in [-0.05, 0) is 41.8 Å². The van der Waals surface area contributed by atoms with E-state index in [0.29, 0.717) is 12.1 Å². The molecule has 0 bridgehead atoms. The maximum absolute atomic E-state index is 12.7. The van der Waals surface area contributed by atoms with Gasteiger partial charge < -0.3 is 5.32 Å². The van der Waals surface area contributed by atoms with E-state index in [1.165, 1.54) is 18.2 Å². The second-order valence-corrected chi connectivity index (χ2v) is 8.58. The van der Waals surface area contributed by atoms with Gasteiger partial charge in [0.15, 0.2) is 9.84 Å². The molecule has 0 unspecified atom stereocenters. The Morgan fingerprint density at radius 3 is 2.33 bits per heavy atom. The highest BCUT2D eigenvalue weighted by atomic mass is 35.5. The Balaban J connectivity index is 1.87. The molecule has 4 nitrogen and oxygen atoms in total. The summed E-state index contributed by atoms with van der Waals surface area (Å²) in [6.45, 7) is 0. The average molecular weight is 400 g/mol. The van der Waals surface area contributed by atoms with Crippen LogP contribution in [0, 0.1) is 0 Å². The number of carbonyl (C=O) groups excluding carboxylic acids is 1. The van der Waals surface area contributed by atoms with Gasteiger partial charge in [0.2, 0.25) is 0 Å². The first-order chi connectivity index (χ1) is 12.8. The van der Waals surface area contributed by atoms with E-state index in [0.717, 1.165) is 17.4 Å². The smallest absolute Gasteiger partial charge is 0.255 e. The fourth-order valence-corrected chi connectivity index (χ4v) is 4.04. The van der Waals surface area contributed by atoms with Crippen LogP contribution in [0.25, 0.3) is 0 Å². The lowest BCUT2D eigenvalue weighted by Gasteiger charge is -2.12. The number of benzene rings is 3. The molecule has 0 aromatic heterocycles. The van der Waals surface area contributed by atoms with Crippen LogP contribution in [-0.4, -0.2) is 20.6 Å². The van der Waals surface area contributed by atoms with Crippen molar-refractivity contribution in [2.45, 2.75) is 11.3 Å². The van der Waals surface area contributed by atoms with E-state index in [1.807, 2.05) is 54.6 Å². The van der Waals surface area contributed by atoms with Gasteiger partial charge in [0.25, 0.3) is 5.91 Å². The minimum absolute atomic E-state index is 0.0608. The number of para-hydroxylation sites is 1. The minimum atomic E-state index is -3.52. The van der Waals surface area contributed by atoms with Crippen LogP contribution < -0.4 is 5.32 Å². The molecule has 3 aromatic rings. The summed E-state index contributed by atoms with van der Waals surface area (Å²) in [4.78, 5) is 12.6. The lowest BCUT2D eigenvalue weighted by molar-refractivity contribution is 0.102. The van der Waals surface area contributed by atoms with Crippen molar-refractivity contribution < 1.29 is 13.2 Å². The lowest BCUT2D eigenvalue weighted by atomic mass is 10.0. The van der Waals surface area contributed by atoms with Gasteiger partial charge in [0.05, 0.1) is 9.92 Å². The Morgan fingerprint density at radius 2 is 1.63 bits per heavy atom. The summed E-state index contributed by atoms with van der Waals surface area (Å²) in [5.74, 6) is -0.392. The summed E-state index contributed by atoms with van der Waals surface area (Å²) in [5.41, 5.74) is 3.01. The lowest BCUT2D eigenvalue weighted by Crippen LogP contribution is -2.14. The average Bonchev–Trinajstić information content (AvgIpc) is 2.63. The third-order valence-corrected chi connectivity index (χ3v) is 5.67. The summed E-state index contributed by atoms with van der Waals surface area (Å²) >= 11 is 5.95. The van der Waals surface area contributed by atoms with E-state index in [1.54, 1.807) is 0 Å². The number of hydrogen-bond donors (Lipinski definition) is 1. The topological polar surface area (TPSA) is 63.2 Å². The molecular weight excluding hydrogens is 382 g/mol. The first-order valence-corrected chi connectivity index (χ1v) is 10.5. The Morgan fingerprint density at radius 1 is 0.963 bits per heavy atom. The Bertz CT molecular complexity index is 1080. The van der Waals surface area contributed by atoms with E-state index >= 15 is 0 Å². The van der Waals surface area contributed by atoms with E-state index < -0.39 is 15.7 Å². The number of sulfone groups is 1. The fraction of sp³-hybridized carbons (Fsp3) is 0.0952. The van der Waals surface area contributed by atoms with Crippen molar-refractivity contribution in [2.24, 2.45) is 0 Å². The minimum Gasteiger partial charge on any atom is -0.322 e. The monoisotopic (exact) mass is 399 g/mol. The zero-order chi connectivity index (χ0) is 19.4. The molecule has 3 aromatic carbocycles. The highest BCUT2D eigenvalue weighted by Crippen LogP contribution is 2.24. The number of rotatable bonds is 5. The SMILES string of the molecule is CS(=O)(=O)c1cc(C(=O)Nc2ccccc2Cc2ccccc2)ccc1Cl. The van der Waals surface area contributed by atoms with Crippen LogP contribution in [0.5, 0.6) is 0 Å². The molecule has 0 aliphatic rings. The van der Waals surface area contributed by atoms with Crippen molar-refractivity contribution in [1.29, 1.82) is 0 Å². The Labute approximate surface area is 163 Å². The first kappa shape index (κ1) is 19.1. The van der Waals surface area contributed by atoms with Gasteiger partial charge in [-0.25, -0.2) is 8.42 Å². The molecule has 0 aliphatic carbocycles. The van der Waals surface area contributed by atoms with Crippen molar-refractivity contribution >= 4 is 33.0 Å². The molecule has 1 N–H and O–H groups in total. The zero-order valence-electron chi connectivity index (χ0n) is 14.6. The zero-order valence-corrected chi connectivity index (χ0v) is 16.2. The number of carbonyl (C=O) groups is 1. The highest BCUT2D eigenvalue weighted by Gasteiger charge is 2.16. The molecule has 138 valence electrons. The van der Waals surface area contributed by atoms with Gasteiger partial charge in [-0.2, -0.15) is 0 Å². The molecule has 0 saturated carbocycles. The number of anilines is 1. The second kappa shape index (κ2) is 7.94. The van der Waals surface area contributed by atoms with Crippen molar-refractivity contribution in [1.82, 2.24) is 0 Å². The molecule has 3 rings (SSSR count). The molecule has 6 heteroatoms. The van der Waals surface area contributed by atoms with Crippen LogP contribution in [0.1, 0.15) is 21.5 Å². The molecule has 0 heterocycles. The Hall–Kier alpha value is -2.63. The molecule has 0 fully saturated rings. The van der Waals surface area contributed by atoms with Crippen molar-refractivity contribution in [3.05, 3.63) is 94.5 Å². The number of hydrogen-bond acceptors (Lipinski definition) is 3. The summed E-state index contributed by atoms with van der Waals surface area (Å²) in [7, 11) is -3.52. The normalized spacial score (nSPS) is 11.2. The molecule has 0 atom stereocenters. The standard InChI is InChI=1S/C21H18ClNO3S/c1-27(25,26)20-14-17(11-12-18(20)22)21(24)23-19-10-6-5-9-16(19)13-15-7-3-2-4-8-15/h2-12,14H,13H2,1H3,(H,23,24). The Kier molecular flexibility index (Phi) is 5.63. The van der Waals surface area contributed by atoms with E-state index in [2.05, 4.69) is 5.32 Å². The molecular formula is C21H18ClNO3S. The first-order valence-electron chi connectivity index (χ1n) is 8.27. The maximum Gasteiger partial charge on any atom is 0.255 e. The molecule has 27 heavy (non-hydrogen) atoms. The summed E-state index contributed by atoms with van der Waals surface area (Å²) < 4.78 is 23.7. The number of amides is 1. The van der Waals surface area contributed by atoms with Gasteiger partial charge in [-0.3, -0.25) is 4.79 Å². The summed E-state index contributed by atoms with van der Waals surface area (Å²) in [5, 5.41) is 2.96. The molecule has 0 spiro atoms. The third-order valence-electron chi connectivity index (χ3n) is 4.10. The van der Waals surface area contributed by atoms with Crippen molar-refractivity contribution in [3.8, 4) is 0 Å². The highest BCUT2D eigenvalue weighted by molar-refractivity contribution is 7.90. The predicted octanol–water partition coefficient (Wildman–Crippen LogP) is 4.59. The van der Waals surface area contributed by atoms with Crippen LogP contribution in [0.2, 0.25) is 5.02 Å². The van der Waals surface area contributed by atoms with Crippen LogP contribution in [0.3, 0.4) is 0 Å². The molecule has 0 radical (unpaired) electrons. The van der Waals surface area contributed by atoms with Gasteiger partial charge in [-0.15, -0.1) is 0 Å². The van der Waals surface area contributed by atoms with E-state index in [4.69, 9.17) is 11.6 Å². The van der Waals surface area contributed by atoms with Gasteiger partial charge >= 0.3 is 0 Å². The van der Waals surface area contributed by atoms with Crippen LogP contribution in [-0.2, 0) is 16.3 Å². The van der Waals surface area contributed by atoms with E-state index in [-0.39, 0.29) is 15.5 Å². The largest absolute Gasteiger partial charge is 0.322 e. The quantitative estimate of drug-likeness (QED) is 0.682. The summed E-state index contributed by atoms with van der Waals surface area (Å²) in [6, 6.07) is 21.7. The van der Waals surface area contributed by atoms with Crippen LogP contribution >= 0.6 is 11.6 Å². The number of nitrogens with one attached hydrogen (secondary N) is 1. The summed E-state index contributed by atoms with van der Waals surface area (Å²) in [6.07, 6.45) is 1.73. The predicted molar refractivity (Wildman–Crippen MR) is 108 cm³/mol. The van der Waals surface area contributed by atoms with Gasteiger partial charge in [-0.1, -0.05) is 60.1 Å². The fourth-order valence-electron chi connectivity index (χ4n) is 2.74. The maximum atomic E-state index is 12.7. The number of halogens is 1. The van der Waals surface area contributed by atoms with Crippen molar-refractivity contribution in [2.75, 3.05) is 11.6 Å². The molecule has 0 saturated heterocycles. The third kappa shape index (κ3) is 4.76.